The molecular weight excluding hydrogens is 474 g/mol. The smallest absolute Gasteiger partial charge is 0.304 e. The molecule has 2 heterocycles. The van der Waals surface area contributed by atoms with E-state index in [1.807, 2.05) is 12.1 Å². The average molecular weight is 498 g/mol. The standard InChI is InChI=1S/C29H23NO7/c1-35-19-7-5-18(24(14-19)36-2)13-25-28(34)20-8-10-23(31)27(29(20)37-25)21(15-26(32)33)16-6-9-22-17(12-16)4-3-11-30-22/h3-14,21,31H,15H2,1-2H3,(H,32,33)/b25-13-. The lowest BCUT2D eigenvalue weighted by Crippen LogP contribution is -2.09. The molecule has 1 unspecified atom stereocenters. The summed E-state index contributed by atoms with van der Waals surface area (Å²) in [4.78, 5) is 29.5. The number of fused-ring (bicyclic) bond motifs is 2. The van der Waals surface area contributed by atoms with Gasteiger partial charge in [-0.25, -0.2) is 0 Å². The van der Waals surface area contributed by atoms with E-state index >= 15 is 0 Å². The molecule has 0 aliphatic carbocycles. The van der Waals surface area contributed by atoms with Crippen molar-refractivity contribution in [3.8, 4) is 23.0 Å². The molecule has 0 spiro atoms. The molecule has 1 aliphatic rings. The molecule has 3 aromatic carbocycles. The Labute approximate surface area is 212 Å². The van der Waals surface area contributed by atoms with Gasteiger partial charge < -0.3 is 24.4 Å². The van der Waals surface area contributed by atoms with Crippen LogP contribution in [0.15, 0.2) is 72.6 Å². The molecule has 1 aromatic heterocycles. The van der Waals surface area contributed by atoms with Crippen molar-refractivity contribution in [1.29, 1.82) is 0 Å². The molecule has 0 radical (unpaired) electrons. The van der Waals surface area contributed by atoms with E-state index < -0.39 is 11.9 Å². The minimum atomic E-state index is -1.06. The van der Waals surface area contributed by atoms with E-state index in [9.17, 15) is 19.8 Å². The van der Waals surface area contributed by atoms with Crippen LogP contribution in [0.1, 0.15) is 39.4 Å². The van der Waals surface area contributed by atoms with Crippen LogP contribution in [0.4, 0.5) is 0 Å². The van der Waals surface area contributed by atoms with Gasteiger partial charge in [-0.15, -0.1) is 0 Å². The second-order valence-corrected chi connectivity index (χ2v) is 8.53. The number of carboxylic acid groups (broad SMARTS) is 1. The first-order valence-corrected chi connectivity index (χ1v) is 11.5. The number of aromatic hydroxyl groups is 1. The second kappa shape index (κ2) is 9.66. The number of ketones is 1. The van der Waals surface area contributed by atoms with Crippen molar-refractivity contribution < 1.29 is 34.0 Å². The van der Waals surface area contributed by atoms with Gasteiger partial charge in [0.25, 0.3) is 0 Å². The number of nitrogens with zero attached hydrogens (tertiary/aromatic N) is 1. The Morgan fingerprint density at radius 2 is 1.92 bits per heavy atom. The van der Waals surface area contributed by atoms with Crippen molar-refractivity contribution >= 4 is 28.7 Å². The van der Waals surface area contributed by atoms with Gasteiger partial charge in [0.05, 0.1) is 31.7 Å². The predicted octanol–water partition coefficient (Wildman–Crippen LogP) is 5.18. The van der Waals surface area contributed by atoms with Gasteiger partial charge in [-0.05, 0) is 54.1 Å². The molecule has 2 N–H and O–H groups in total. The first-order chi connectivity index (χ1) is 17.9. The quantitative estimate of drug-likeness (QED) is 0.336. The summed E-state index contributed by atoms with van der Waals surface area (Å²) in [5, 5.41) is 21.4. The van der Waals surface area contributed by atoms with Gasteiger partial charge in [-0.1, -0.05) is 12.1 Å². The zero-order valence-electron chi connectivity index (χ0n) is 20.1. The third kappa shape index (κ3) is 4.45. The number of aliphatic carboxylic acids is 1. The number of Topliss-reactive ketones (excluding diaryl/α,β-unsaturated/α-hetero) is 1. The molecule has 8 heteroatoms. The number of carboxylic acids is 1. The first-order valence-electron chi connectivity index (χ1n) is 11.5. The van der Waals surface area contributed by atoms with E-state index in [1.165, 1.54) is 19.2 Å². The van der Waals surface area contributed by atoms with E-state index in [0.717, 1.165) is 10.9 Å². The molecule has 0 saturated carbocycles. The molecule has 1 atom stereocenters. The number of methoxy groups -OCH3 is 2. The predicted molar refractivity (Wildman–Crippen MR) is 136 cm³/mol. The van der Waals surface area contributed by atoms with E-state index in [0.29, 0.717) is 22.6 Å². The van der Waals surface area contributed by atoms with Crippen LogP contribution in [0.2, 0.25) is 0 Å². The van der Waals surface area contributed by atoms with E-state index in [4.69, 9.17) is 14.2 Å². The number of aromatic nitrogens is 1. The Kier molecular flexibility index (Phi) is 6.23. The van der Waals surface area contributed by atoms with Gasteiger partial charge in [0.15, 0.2) is 5.76 Å². The van der Waals surface area contributed by atoms with Gasteiger partial charge in [0.2, 0.25) is 5.78 Å². The van der Waals surface area contributed by atoms with Crippen molar-refractivity contribution in [3.63, 3.8) is 0 Å². The Morgan fingerprint density at radius 1 is 1.08 bits per heavy atom. The number of benzene rings is 3. The van der Waals surface area contributed by atoms with Gasteiger partial charge in [0, 0.05) is 34.7 Å². The summed E-state index contributed by atoms with van der Waals surface area (Å²) in [6.07, 6.45) is 2.91. The van der Waals surface area contributed by atoms with Crippen molar-refractivity contribution in [1.82, 2.24) is 4.98 Å². The second-order valence-electron chi connectivity index (χ2n) is 8.53. The summed E-state index contributed by atoms with van der Waals surface area (Å²) in [6.45, 7) is 0. The number of phenols is 1. The fraction of sp³-hybridized carbons (Fsp3) is 0.138. The van der Waals surface area contributed by atoms with Crippen LogP contribution in [0.25, 0.3) is 17.0 Å². The molecule has 0 fully saturated rings. The molecule has 0 amide bonds. The Morgan fingerprint density at radius 3 is 2.68 bits per heavy atom. The van der Waals surface area contributed by atoms with Crippen molar-refractivity contribution in [2.75, 3.05) is 14.2 Å². The maximum absolute atomic E-state index is 13.3. The molecular formula is C29H23NO7. The lowest BCUT2D eigenvalue weighted by atomic mass is 9.85. The van der Waals surface area contributed by atoms with Crippen LogP contribution in [-0.4, -0.2) is 41.2 Å². The summed E-state index contributed by atoms with van der Waals surface area (Å²) in [7, 11) is 3.05. The number of carbonyl (C=O) groups excluding carboxylic acids is 1. The molecule has 37 heavy (non-hydrogen) atoms. The minimum Gasteiger partial charge on any atom is -0.508 e. The summed E-state index contributed by atoms with van der Waals surface area (Å²) >= 11 is 0. The molecule has 4 aromatic rings. The van der Waals surface area contributed by atoms with E-state index in [2.05, 4.69) is 4.98 Å². The maximum atomic E-state index is 13.3. The summed E-state index contributed by atoms with van der Waals surface area (Å²) < 4.78 is 16.7. The normalized spacial score (nSPS) is 14.3. The van der Waals surface area contributed by atoms with Crippen LogP contribution < -0.4 is 14.2 Å². The topological polar surface area (TPSA) is 115 Å². The number of hydrogen-bond donors (Lipinski definition) is 2. The van der Waals surface area contributed by atoms with Crippen LogP contribution in [0.3, 0.4) is 0 Å². The van der Waals surface area contributed by atoms with Gasteiger partial charge in [-0.2, -0.15) is 0 Å². The molecule has 186 valence electrons. The zero-order chi connectivity index (χ0) is 26.1. The number of allylic oxidation sites excluding steroid dienone is 1. The number of hydrogen-bond acceptors (Lipinski definition) is 7. The fourth-order valence-electron chi connectivity index (χ4n) is 4.55. The van der Waals surface area contributed by atoms with Gasteiger partial charge >= 0.3 is 5.97 Å². The van der Waals surface area contributed by atoms with Crippen LogP contribution in [0, 0.1) is 0 Å². The monoisotopic (exact) mass is 497 g/mol. The minimum absolute atomic E-state index is 0.0297. The molecule has 8 nitrogen and oxygen atoms in total. The zero-order valence-corrected chi connectivity index (χ0v) is 20.1. The number of ether oxygens (including phenoxy) is 3. The maximum Gasteiger partial charge on any atom is 0.304 e. The highest BCUT2D eigenvalue weighted by Gasteiger charge is 2.35. The largest absolute Gasteiger partial charge is 0.508 e. The summed E-state index contributed by atoms with van der Waals surface area (Å²) in [5.41, 5.74) is 2.48. The highest BCUT2D eigenvalue weighted by molar-refractivity contribution is 6.15. The number of rotatable bonds is 7. The van der Waals surface area contributed by atoms with Crippen molar-refractivity contribution in [3.05, 3.63) is 94.9 Å². The Bertz CT molecular complexity index is 1570. The van der Waals surface area contributed by atoms with Crippen LogP contribution >= 0.6 is 0 Å². The Hall–Kier alpha value is -4.85. The van der Waals surface area contributed by atoms with Crippen LogP contribution in [-0.2, 0) is 4.79 Å². The Balaban J connectivity index is 1.61. The summed E-state index contributed by atoms with van der Waals surface area (Å²) in [5.74, 6) is -1.14. The molecule has 5 rings (SSSR count). The third-order valence-electron chi connectivity index (χ3n) is 6.34. The first kappa shape index (κ1) is 23.9. The van der Waals surface area contributed by atoms with E-state index in [1.54, 1.807) is 55.8 Å². The van der Waals surface area contributed by atoms with Crippen molar-refractivity contribution in [2.45, 2.75) is 12.3 Å². The van der Waals surface area contributed by atoms with Crippen LogP contribution in [0.5, 0.6) is 23.0 Å². The third-order valence-corrected chi connectivity index (χ3v) is 6.34. The SMILES string of the molecule is COc1ccc(/C=C2\Oc3c(ccc(O)c3C(CC(=O)O)c3ccc4ncccc4c3)C2=O)c(OC)c1. The molecule has 0 saturated heterocycles. The number of carbonyl (C=O) groups is 2. The lowest BCUT2D eigenvalue weighted by Gasteiger charge is -2.20. The van der Waals surface area contributed by atoms with Gasteiger partial charge in [-0.3, -0.25) is 14.6 Å². The summed E-state index contributed by atoms with van der Waals surface area (Å²) in [6, 6.07) is 17.1. The molecule has 1 aliphatic heterocycles. The number of pyridine rings is 1. The number of phenolic OH excluding ortho intramolecular Hbond substituents is 1. The highest BCUT2D eigenvalue weighted by Crippen LogP contribution is 2.47. The average Bonchev–Trinajstić information content (AvgIpc) is 3.22. The lowest BCUT2D eigenvalue weighted by molar-refractivity contribution is -0.137. The fourth-order valence-corrected chi connectivity index (χ4v) is 4.55. The van der Waals surface area contributed by atoms with Gasteiger partial charge in [0.1, 0.15) is 23.0 Å². The highest BCUT2D eigenvalue weighted by atomic mass is 16.5. The molecule has 0 bridgehead atoms. The van der Waals surface area contributed by atoms with E-state index in [-0.39, 0.29) is 40.6 Å². The van der Waals surface area contributed by atoms with Crippen molar-refractivity contribution in [2.24, 2.45) is 0 Å².